The summed E-state index contributed by atoms with van der Waals surface area (Å²) in [6.07, 6.45) is 0. The Kier molecular flexibility index (Phi) is 7.80. The highest BCUT2D eigenvalue weighted by atomic mass is 16.5. The number of esters is 1. The molecule has 0 saturated carbocycles. The highest BCUT2D eigenvalue weighted by Crippen LogP contribution is 2.19. The Morgan fingerprint density at radius 1 is 1.10 bits per heavy atom. The average Bonchev–Trinajstić information content (AvgIpc) is 2.97. The molecule has 7 heteroatoms. The van der Waals surface area contributed by atoms with Crippen LogP contribution in [0, 0.1) is 19.8 Å². The minimum atomic E-state index is -0.890. The van der Waals surface area contributed by atoms with Crippen molar-refractivity contribution in [3.8, 4) is 5.75 Å². The minimum Gasteiger partial charge on any atom is -0.493 e. The third-order valence-corrected chi connectivity index (χ3v) is 5.06. The van der Waals surface area contributed by atoms with Crippen molar-refractivity contribution >= 4 is 17.7 Å². The van der Waals surface area contributed by atoms with Gasteiger partial charge >= 0.3 is 5.97 Å². The molecular formula is C23H30N2O5. The van der Waals surface area contributed by atoms with Crippen LogP contribution in [0.2, 0.25) is 0 Å². The Hall–Kier alpha value is -3.09. The lowest BCUT2D eigenvalue weighted by Gasteiger charge is -2.21. The fraction of sp³-hybridized carbons (Fsp3) is 0.435. The Labute approximate surface area is 177 Å². The first-order valence-electron chi connectivity index (χ1n) is 10.0. The molecule has 1 heterocycles. The number of Topliss-reactive ketones (excluding diaryl/α,β-unsaturated/α-hetero) is 1. The molecule has 0 bridgehead atoms. The van der Waals surface area contributed by atoms with Crippen molar-refractivity contribution in [2.45, 2.75) is 40.7 Å². The number of para-hydroxylation sites is 1. The first-order valence-corrected chi connectivity index (χ1v) is 10.0. The highest BCUT2D eigenvalue weighted by molar-refractivity contribution is 6.01. The first-order chi connectivity index (χ1) is 14.2. The molecule has 1 aromatic carbocycles. The lowest BCUT2D eigenvalue weighted by Crippen LogP contribution is -2.45. The number of carbonyl (C=O) groups excluding carboxylic acids is 3. The molecule has 0 saturated heterocycles. The zero-order valence-electron chi connectivity index (χ0n) is 18.4. The monoisotopic (exact) mass is 414 g/mol. The normalized spacial score (nSPS) is 11.8. The summed E-state index contributed by atoms with van der Waals surface area (Å²) in [5, 5.41) is 2.71. The van der Waals surface area contributed by atoms with Crippen LogP contribution in [0.5, 0.6) is 5.75 Å². The smallest absolute Gasteiger partial charge is 0.329 e. The number of carbonyl (C=O) groups is 3. The van der Waals surface area contributed by atoms with Gasteiger partial charge in [0.1, 0.15) is 11.8 Å². The molecule has 0 fully saturated rings. The van der Waals surface area contributed by atoms with Gasteiger partial charge in [0.25, 0.3) is 5.91 Å². The lowest BCUT2D eigenvalue weighted by molar-refractivity contribution is -0.145. The fourth-order valence-electron chi connectivity index (χ4n) is 3.09. The number of nitrogens with one attached hydrogen (secondary N) is 1. The number of benzene rings is 1. The van der Waals surface area contributed by atoms with Crippen molar-refractivity contribution in [1.29, 1.82) is 0 Å². The molecule has 2 rings (SSSR count). The van der Waals surface area contributed by atoms with Crippen molar-refractivity contribution in [1.82, 2.24) is 9.88 Å². The fourth-order valence-corrected chi connectivity index (χ4v) is 3.09. The number of hydrogen-bond acceptors (Lipinski definition) is 5. The van der Waals surface area contributed by atoms with Crippen molar-refractivity contribution < 1.29 is 23.9 Å². The van der Waals surface area contributed by atoms with E-state index in [0.29, 0.717) is 23.5 Å². The standard InChI is InChI=1S/C23H30N2O5/c1-7-29-20-11-9-8-10-17(20)22(27)24-21(14(2)3)23(28)30-13-19(26)18-12-15(4)25(6)16(18)5/h8-12,14,21H,7,13H2,1-6H3,(H,24,27)/t21-/m0/s1. The SMILES string of the molecule is CCOc1ccccc1C(=O)N[C@H](C(=O)OCC(=O)c1cc(C)n(C)c1C)C(C)C. The van der Waals surface area contributed by atoms with Gasteiger partial charge in [-0.3, -0.25) is 9.59 Å². The van der Waals surface area contributed by atoms with Crippen LogP contribution in [-0.2, 0) is 16.6 Å². The van der Waals surface area contributed by atoms with Gasteiger partial charge in [0.05, 0.1) is 12.2 Å². The topological polar surface area (TPSA) is 86.6 Å². The van der Waals surface area contributed by atoms with Gasteiger partial charge in [-0.15, -0.1) is 0 Å². The zero-order valence-corrected chi connectivity index (χ0v) is 18.4. The summed E-state index contributed by atoms with van der Waals surface area (Å²) in [7, 11) is 1.87. The van der Waals surface area contributed by atoms with E-state index in [-0.39, 0.29) is 18.3 Å². The Morgan fingerprint density at radius 3 is 2.33 bits per heavy atom. The van der Waals surface area contributed by atoms with E-state index in [1.165, 1.54) is 0 Å². The molecule has 0 radical (unpaired) electrons. The van der Waals surface area contributed by atoms with Gasteiger partial charge < -0.3 is 19.4 Å². The number of aromatic nitrogens is 1. The Balaban J connectivity index is 2.07. The van der Waals surface area contributed by atoms with Crippen LogP contribution in [0.25, 0.3) is 0 Å². The van der Waals surface area contributed by atoms with Crippen molar-refractivity contribution in [2.75, 3.05) is 13.2 Å². The number of ketones is 1. The average molecular weight is 415 g/mol. The molecule has 2 aromatic rings. The van der Waals surface area contributed by atoms with E-state index in [1.807, 2.05) is 32.4 Å². The first kappa shape index (κ1) is 23.2. The molecule has 0 aliphatic heterocycles. The second-order valence-corrected chi connectivity index (χ2v) is 7.50. The number of nitrogens with zero attached hydrogens (tertiary/aromatic N) is 1. The van der Waals surface area contributed by atoms with Crippen LogP contribution in [0.3, 0.4) is 0 Å². The molecule has 30 heavy (non-hydrogen) atoms. The molecular weight excluding hydrogens is 384 g/mol. The van der Waals surface area contributed by atoms with E-state index in [4.69, 9.17) is 9.47 Å². The maximum Gasteiger partial charge on any atom is 0.329 e. The predicted octanol–water partition coefficient (Wildman–Crippen LogP) is 3.22. The van der Waals surface area contributed by atoms with Gasteiger partial charge in [0.15, 0.2) is 6.61 Å². The third kappa shape index (κ3) is 5.28. The van der Waals surface area contributed by atoms with Crippen molar-refractivity contribution in [2.24, 2.45) is 13.0 Å². The van der Waals surface area contributed by atoms with Gasteiger partial charge in [-0.1, -0.05) is 26.0 Å². The van der Waals surface area contributed by atoms with Gasteiger partial charge in [-0.25, -0.2) is 4.79 Å². The maximum absolute atomic E-state index is 12.7. The molecule has 1 aromatic heterocycles. The summed E-state index contributed by atoms with van der Waals surface area (Å²) >= 11 is 0. The number of hydrogen-bond donors (Lipinski definition) is 1. The summed E-state index contributed by atoms with van der Waals surface area (Å²) in [6, 6.07) is 7.71. The molecule has 162 valence electrons. The highest BCUT2D eigenvalue weighted by Gasteiger charge is 2.28. The maximum atomic E-state index is 12.7. The van der Waals surface area contributed by atoms with Gasteiger partial charge in [-0.2, -0.15) is 0 Å². The summed E-state index contributed by atoms with van der Waals surface area (Å²) in [6.45, 7) is 9.21. The van der Waals surface area contributed by atoms with Gasteiger partial charge in [0.2, 0.25) is 5.78 Å². The van der Waals surface area contributed by atoms with E-state index < -0.39 is 17.9 Å². The number of aryl methyl sites for hydroxylation is 1. The van der Waals surface area contributed by atoms with Crippen LogP contribution in [0.15, 0.2) is 30.3 Å². The quantitative estimate of drug-likeness (QED) is 0.503. The molecule has 0 unspecified atom stereocenters. The van der Waals surface area contributed by atoms with E-state index in [0.717, 1.165) is 11.4 Å². The van der Waals surface area contributed by atoms with E-state index in [1.54, 1.807) is 44.2 Å². The second kappa shape index (κ2) is 10.1. The molecule has 7 nitrogen and oxygen atoms in total. The van der Waals surface area contributed by atoms with E-state index in [9.17, 15) is 14.4 Å². The largest absolute Gasteiger partial charge is 0.493 e. The minimum absolute atomic E-state index is 0.225. The van der Waals surface area contributed by atoms with Crippen LogP contribution in [0.1, 0.15) is 52.9 Å². The number of amides is 1. The van der Waals surface area contributed by atoms with Gasteiger partial charge in [-0.05, 0) is 44.9 Å². The van der Waals surface area contributed by atoms with Gasteiger partial charge in [0, 0.05) is 24.0 Å². The summed E-state index contributed by atoms with van der Waals surface area (Å²) in [4.78, 5) is 37.9. The summed E-state index contributed by atoms with van der Waals surface area (Å²) in [5.41, 5.74) is 2.63. The molecule has 1 atom stereocenters. The Bertz CT molecular complexity index is 930. The zero-order chi connectivity index (χ0) is 22.4. The number of ether oxygens (including phenoxy) is 2. The molecule has 1 amide bonds. The lowest BCUT2D eigenvalue weighted by atomic mass is 10.0. The van der Waals surface area contributed by atoms with Crippen LogP contribution >= 0.6 is 0 Å². The number of rotatable bonds is 9. The molecule has 0 spiro atoms. The third-order valence-electron chi connectivity index (χ3n) is 5.06. The molecule has 1 N–H and O–H groups in total. The molecule has 0 aliphatic carbocycles. The van der Waals surface area contributed by atoms with Crippen molar-refractivity contribution in [3.63, 3.8) is 0 Å². The van der Waals surface area contributed by atoms with E-state index in [2.05, 4.69) is 5.32 Å². The van der Waals surface area contributed by atoms with Crippen LogP contribution in [-0.4, -0.2) is 41.5 Å². The summed E-state index contributed by atoms with van der Waals surface area (Å²) < 4.78 is 12.6. The predicted molar refractivity (Wildman–Crippen MR) is 114 cm³/mol. The molecule has 0 aliphatic rings. The van der Waals surface area contributed by atoms with Crippen molar-refractivity contribution in [3.05, 3.63) is 52.8 Å². The summed E-state index contributed by atoms with van der Waals surface area (Å²) in [5.74, 6) is -1.14. The Morgan fingerprint density at radius 2 is 1.77 bits per heavy atom. The van der Waals surface area contributed by atoms with Crippen LogP contribution in [0.4, 0.5) is 0 Å². The van der Waals surface area contributed by atoms with Crippen LogP contribution < -0.4 is 10.1 Å². The second-order valence-electron chi connectivity index (χ2n) is 7.50. The van der Waals surface area contributed by atoms with E-state index >= 15 is 0 Å².